The van der Waals surface area contributed by atoms with Gasteiger partial charge in [0.25, 0.3) is 0 Å². The number of benzene rings is 1. The number of morpholine rings is 1. The number of amides is 1. The highest BCUT2D eigenvalue weighted by atomic mass is 16.5. The number of aliphatic hydroxyl groups excluding tert-OH is 1. The second kappa shape index (κ2) is 7.60. The van der Waals surface area contributed by atoms with Crippen LogP contribution in [-0.2, 0) is 22.4 Å². The van der Waals surface area contributed by atoms with E-state index >= 15 is 0 Å². The van der Waals surface area contributed by atoms with Gasteiger partial charge in [0, 0.05) is 24.2 Å². The number of H-pyrrole nitrogens is 1. The van der Waals surface area contributed by atoms with Crippen molar-refractivity contribution in [2.24, 2.45) is 0 Å². The van der Waals surface area contributed by atoms with Crippen LogP contribution in [0.3, 0.4) is 0 Å². The Morgan fingerprint density at radius 1 is 1.31 bits per heavy atom. The second-order valence-electron chi connectivity index (χ2n) is 7.26. The lowest BCUT2D eigenvalue weighted by atomic mass is 9.92. The van der Waals surface area contributed by atoms with E-state index in [0.717, 1.165) is 22.5 Å². The molecule has 0 spiro atoms. The molecule has 0 aliphatic carbocycles. The predicted octanol–water partition coefficient (Wildman–Crippen LogP) is 1.71. The summed E-state index contributed by atoms with van der Waals surface area (Å²) < 4.78 is 5.95. The lowest BCUT2D eigenvalue weighted by Crippen LogP contribution is -2.57. The SMILES string of the molecule is Cc1ccc(C[C@@]2(CO)CN(C(=O)Cc3c(C)n[nH]c3C)CCO2)cc1. The molecular formula is C20H27N3O3. The van der Waals surface area contributed by atoms with Gasteiger partial charge in [-0.1, -0.05) is 29.8 Å². The number of carbonyl (C=O) groups excluding carboxylic acids is 1. The molecule has 6 nitrogen and oxygen atoms in total. The van der Waals surface area contributed by atoms with Crippen molar-refractivity contribution in [3.63, 3.8) is 0 Å². The highest BCUT2D eigenvalue weighted by Crippen LogP contribution is 2.24. The number of carbonyl (C=O) groups is 1. The molecule has 2 N–H and O–H groups in total. The molecule has 1 atom stereocenters. The van der Waals surface area contributed by atoms with Crippen LogP contribution in [-0.4, -0.2) is 58.0 Å². The van der Waals surface area contributed by atoms with E-state index in [9.17, 15) is 9.90 Å². The minimum atomic E-state index is -0.746. The molecule has 0 saturated carbocycles. The summed E-state index contributed by atoms with van der Waals surface area (Å²) in [6, 6.07) is 8.21. The Labute approximate surface area is 154 Å². The Morgan fingerprint density at radius 2 is 2.04 bits per heavy atom. The molecule has 1 saturated heterocycles. The van der Waals surface area contributed by atoms with Crippen molar-refractivity contribution < 1.29 is 14.6 Å². The number of aromatic nitrogens is 2. The molecule has 0 unspecified atom stereocenters. The molecule has 26 heavy (non-hydrogen) atoms. The molecule has 140 valence electrons. The Hall–Kier alpha value is -2.18. The monoisotopic (exact) mass is 357 g/mol. The summed E-state index contributed by atoms with van der Waals surface area (Å²) in [5, 5.41) is 17.1. The number of aliphatic hydroxyl groups is 1. The quantitative estimate of drug-likeness (QED) is 0.854. The van der Waals surface area contributed by atoms with Gasteiger partial charge in [-0.3, -0.25) is 9.89 Å². The third kappa shape index (κ3) is 3.97. The average molecular weight is 357 g/mol. The zero-order chi connectivity index (χ0) is 18.7. The average Bonchev–Trinajstić information content (AvgIpc) is 2.96. The van der Waals surface area contributed by atoms with Gasteiger partial charge in [0.1, 0.15) is 5.60 Å². The van der Waals surface area contributed by atoms with Gasteiger partial charge in [0.15, 0.2) is 0 Å². The van der Waals surface area contributed by atoms with Gasteiger partial charge < -0.3 is 14.7 Å². The molecule has 1 amide bonds. The molecule has 1 aromatic heterocycles. The minimum Gasteiger partial charge on any atom is -0.393 e. The van der Waals surface area contributed by atoms with Gasteiger partial charge >= 0.3 is 0 Å². The van der Waals surface area contributed by atoms with Crippen LogP contribution in [0, 0.1) is 20.8 Å². The van der Waals surface area contributed by atoms with Crippen LogP contribution in [0.4, 0.5) is 0 Å². The van der Waals surface area contributed by atoms with Crippen LogP contribution < -0.4 is 0 Å². The van der Waals surface area contributed by atoms with E-state index < -0.39 is 5.60 Å². The predicted molar refractivity (Wildman–Crippen MR) is 99.0 cm³/mol. The number of nitrogens with zero attached hydrogens (tertiary/aromatic N) is 2. The van der Waals surface area contributed by atoms with E-state index in [1.165, 1.54) is 5.56 Å². The summed E-state index contributed by atoms with van der Waals surface area (Å²) in [4.78, 5) is 14.6. The molecule has 2 heterocycles. The molecule has 3 rings (SSSR count). The highest BCUT2D eigenvalue weighted by Gasteiger charge is 2.38. The first kappa shape index (κ1) is 18.6. The topological polar surface area (TPSA) is 78.5 Å². The molecule has 1 fully saturated rings. The smallest absolute Gasteiger partial charge is 0.227 e. The molecule has 0 radical (unpaired) electrons. The Morgan fingerprint density at radius 3 is 2.65 bits per heavy atom. The summed E-state index contributed by atoms with van der Waals surface area (Å²) >= 11 is 0. The number of hydrogen-bond acceptors (Lipinski definition) is 4. The van der Waals surface area contributed by atoms with Crippen LogP contribution in [0.1, 0.15) is 28.1 Å². The van der Waals surface area contributed by atoms with Crippen molar-refractivity contribution in [3.05, 3.63) is 52.3 Å². The Bertz CT molecular complexity index is 750. The first-order valence-corrected chi connectivity index (χ1v) is 9.01. The zero-order valence-electron chi connectivity index (χ0n) is 15.7. The first-order chi connectivity index (χ1) is 12.4. The van der Waals surface area contributed by atoms with E-state index in [1.807, 2.05) is 20.8 Å². The molecule has 6 heteroatoms. The van der Waals surface area contributed by atoms with Gasteiger partial charge in [-0.25, -0.2) is 0 Å². The number of aromatic amines is 1. The summed E-state index contributed by atoms with van der Waals surface area (Å²) in [5.41, 5.74) is 4.28. The first-order valence-electron chi connectivity index (χ1n) is 9.01. The van der Waals surface area contributed by atoms with Gasteiger partial charge in [0.05, 0.1) is 31.9 Å². The fourth-order valence-corrected chi connectivity index (χ4v) is 3.49. The fourth-order valence-electron chi connectivity index (χ4n) is 3.49. The van der Waals surface area contributed by atoms with Crippen molar-refractivity contribution in [2.75, 3.05) is 26.3 Å². The summed E-state index contributed by atoms with van der Waals surface area (Å²) in [7, 11) is 0. The van der Waals surface area contributed by atoms with Gasteiger partial charge in [-0.2, -0.15) is 5.10 Å². The lowest BCUT2D eigenvalue weighted by molar-refractivity contribution is -0.157. The van der Waals surface area contributed by atoms with Crippen LogP contribution in [0.15, 0.2) is 24.3 Å². The maximum atomic E-state index is 12.8. The van der Waals surface area contributed by atoms with E-state index in [4.69, 9.17) is 4.74 Å². The highest BCUT2D eigenvalue weighted by molar-refractivity contribution is 5.79. The third-order valence-corrected chi connectivity index (χ3v) is 5.14. The van der Waals surface area contributed by atoms with Crippen molar-refractivity contribution in [2.45, 2.75) is 39.2 Å². The van der Waals surface area contributed by atoms with Gasteiger partial charge in [-0.05, 0) is 26.3 Å². The van der Waals surface area contributed by atoms with E-state index in [0.29, 0.717) is 32.5 Å². The number of rotatable bonds is 5. The summed E-state index contributed by atoms with van der Waals surface area (Å²) in [6.07, 6.45) is 0.900. The van der Waals surface area contributed by atoms with Crippen LogP contribution >= 0.6 is 0 Å². The third-order valence-electron chi connectivity index (χ3n) is 5.14. The number of nitrogens with one attached hydrogen (secondary N) is 1. The maximum absolute atomic E-state index is 12.8. The zero-order valence-corrected chi connectivity index (χ0v) is 15.7. The molecule has 0 bridgehead atoms. The molecule has 2 aromatic rings. The number of aryl methyl sites for hydroxylation is 3. The molecule has 1 aliphatic rings. The molecule has 1 aromatic carbocycles. The van der Waals surface area contributed by atoms with Gasteiger partial charge in [0.2, 0.25) is 5.91 Å². The van der Waals surface area contributed by atoms with E-state index in [2.05, 4.69) is 34.5 Å². The molecular weight excluding hydrogens is 330 g/mol. The number of ether oxygens (including phenoxy) is 1. The largest absolute Gasteiger partial charge is 0.393 e. The normalized spacial score (nSPS) is 20.4. The van der Waals surface area contributed by atoms with E-state index in [1.54, 1.807) is 4.90 Å². The van der Waals surface area contributed by atoms with Crippen LogP contribution in [0.25, 0.3) is 0 Å². The van der Waals surface area contributed by atoms with Crippen LogP contribution in [0.5, 0.6) is 0 Å². The summed E-state index contributed by atoms with van der Waals surface area (Å²) in [5.74, 6) is 0.0441. The van der Waals surface area contributed by atoms with Crippen molar-refractivity contribution >= 4 is 5.91 Å². The second-order valence-corrected chi connectivity index (χ2v) is 7.26. The summed E-state index contributed by atoms with van der Waals surface area (Å²) in [6.45, 7) is 7.13. The van der Waals surface area contributed by atoms with Gasteiger partial charge in [-0.15, -0.1) is 0 Å². The standard InChI is InChI=1S/C20H27N3O3/c1-14-4-6-17(7-5-14)11-20(13-24)12-23(8-9-26-20)19(25)10-18-15(2)21-22-16(18)3/h4-7,24H,8-13H2,1-3H3,(H,21,22)/t20-/m0/s1. The fraction of sp³-hybridized carbons (Fsp3) is 0.500. The molecule has 1 aliphatic heterocycles. The number of hydrogen-bond donors (Lipinski definition) is 2. The Kier molecular flexibility index (Phi) is 5.44. The van der Waals surface area contributed by atoms with E-state index in [-0.39, 0.29) is 12.5 Å². The maximum Gasteiger partial charge on any atom is 0.227 e. The van der Waals surface area contributed by atoms with Crippen molar-refractivity contribution in [1.82, 2.24) is 15.1 Å². The minimum absolute atomic E-state index is 0.0441. The van der Waals surface area contributed by atoms with Crippen molar-refractivity contribution in [1.29, 1.82) is 0 Å². The van der Waals surface area contributed by atoms with Crippen LogP contribution in [0.2, 0.25) is 0 Å². The lowest BCUT2D eigenvalue weighted by Gasteiger charge is -2.42. The van der Waals surface area contributed by atoms with Crippen molar-refractivity contribution in [3.8, 4) is 0 Å². The Balaban J connectivity index is 1.71.